The predicted molar refractivity (Wildman–Crippen MR) is 122 cm³/mol. The van der Waals surface area contributed by atoms with Crippen molar-refractivity contribution in [2.24, 2.45) is 0 Å². The summed E-state index contributed by atoms with van der Waals surface area (Å²) in [6.45, 7) is 4.94. The standard InChI is InChI=1S/C23H25F5N2O4S/c1-5-13(2)34-20-12-17(23(26,27)28)8-6-15(20)7-9-21(31)29-14(3)16-10-18(24)22(19(25)11-16)30-35(4,32)33/h6-14,30H,5H2,1-4H3,(H,29,31). The number of rotatable bonds is 9. The minimum Gasteiger partial charge on any atom is -0.490 e. The average Bonchev–Trinajstić information content (AvgIpc) is 2.73. The van der Waals surface area contributed by atoms with Gasteiger partial charge in [0.25, 0.3) is 0 Å². The fourth-order valence-corrected chi connectivity index (χ4v) is 3.45. The Balaban J connectivity index is 2.21. The Morgan fingerprint density at radius 2 is 1.71 bits per heavy atom. The van der Waals surface area contributed by atoms with Gasteiger partial charge in [-0.25, -0.2) is 17.2 Å². The van der Waals surface area contributed by atoms with E-state index in [0.717, 1.165) is 36.6 Å². The molecule has 6 nitrogen and oxygen atoms in total. The van der Waals surface area contributed by atoms with Crippen LogP contribution < -0.4 is 14.8 Å². The first-order valence-electron chi connectivity index (χ1n) is 10.4. The van der Waals surface area contributed by atoms with Gasteiger partial charge in [0.05, 0.1) is 24.0 Å². The molecule has 0 radical (unpaired) electrons. The summed E-state index contributed by atoms with van der Waals surface area (Å²) < 4.78 is 97.5. The van der Waals surface area contributed by atoms with Gasteiger partial charge in [-0.15, -0.1) is 0 Å². The van der Waals surface area contributed by atoms with Crippen LogP contribution in [0.25, 0.3) is 6.08 Å². The number of carbonyl (C=O) groups excluding carboxylic acids is 1. The van der Waals surface area contributed by atoms with E-state index < -0.39 is 51.0 Å². The van der Waals surface area contributed by atoms with Gasteiger partial charge in [0, 0.05) is 11.6 Å². The summed E-state index contributed by atoms with van der Waals surface area (Å²) in [6, 6.07) is 3.75. The van der Waals surface area contributed by atoms with Crippen LogP contribution in [0.15, 0.2) is 36.4 Å². The molecule has 2 atom stereocenters. The lowest BCUT2D eigenvalue weighted by atomic mass is 10.1. The van der Waals surface area contributed by atoms with E-state index in [2.05, 4.69) is 5.32 Å². The molecule has 1 amide bonds. The maximum atomic E-state index is 14.2. The minimum absolute atomic E-state index is 0.0242. The van der Waals surface area contributed by atoms with E-state index in [9.17, 15) is 35.2 Å². The van der Waals surface area contributed by atoms with Gasteiger partial charge in [0.1, 0.15) is 11.4 Å². The van der Waals surface area contributed by atoms with Crippen LogP contribution in [0.3, 0.4) is 0 Å². The summed E-state index contributed by atoms with van der Waals surface area (Å²) in [5.41, 5.74) is -1.49. The van der Waals surface area contributed by atoms with Crippen LogP contribution in [-0.2, 0) is 21.0 Å². The number of amides is 1. The number of nitrogens with one attached hydrogen (secondary N) is 2. The highest BCUT2D eigenvalue weighted by Gasteiger charge is 2.31. The first-order valence-corrected chi connectivity index (χ1v) is 12.3. The van der Waals surface area contributed by atoms with E-state index in [-0.39, 0.29) is 23.0 Å². The Bertz CT molecular complexity index is 1190. The fourth-order valence-electron chi connectivity index (χ4n) is 2.89. The van der Waals surface area contributed by atoms with Crippen molar-refractivity contribution >= 4 is 27.7 Å². The second-order valence-corrected chi connectivity index (χ2v) is 9.63. The zero-order chi connectivity index (χ0) is 26.6. The highest BCUT2D eigenvalue weighted by molar-refractivity contribution is 7.92. The molecule has 2 unspecified atom stereocenters. The lowest BCUT2D eigenvalue weighted by Crippen LogP contribution is -2.25. The van der Waals surface area contributed by atoms with E-state index in [1.54, 1.807) is 18.6 Å². The lowest BCUT2D eigenvalue weighted by molar-refractivity contribution is -0.137. The molecule has 0 fully saturated rings. The molecule has 2 aromatic carbocycles. The van der Waals surface area contributed by atoms with E-state index >= 15 is 0 Å². The smallest absolute Gasteiger partial charge is 0.416 e. The molecule has 0 saturated carbocycles. The van der Waals surface area contributed by atoms with Crippen molar-refractivity contribution in [2.75, 3.05) is 11.0 Å². The predicted octanol–water partition coefficient (Wildman–Crippen LogP) is 5.42. The van der Waals surface area contributed by atoms with Crippen LogP contribution in [-0.4, -0.2) is 26.7 Å². The second kappa shape index (κ2) is 11.1. The molecular formula is C23H25F5N2O4S. The fraction of sp³-hybridized carbons (Fsp3) is 0.348. The zero-order valence-corrected chi connectivity index (χ0v) is 20.2. The van der Waals surface area contributed by atoms with Crippen molar-refractivity contribution in [2.45, 2.75) is 45.5 Å². The SMILES string of the molecule is CCC(C)Oc1cc(C(F)(F)F)ccc1C=CC(=O)NC(C)c1cc(F)c(NS(C)(=O)=O)c(F)c1. The number of ether oxygens (including phenoxy) is 1. The topological polar surface area (TPSA) is 84.5 Å². The minimum atomic E-state index is -4.57. The number of alkyl halides is 3. The highest BCUT2D eigenvalue weighted by atomic mass is 32.2. The first-order chi connectivity index (χ1) is 16.1. The largest absolute Gasteiger partial charge is 0.490 e. The number of hydrogen-bond acceptors (Lipinski definition) is 4. The van der Waals surface area contributed by atoms with Gasteiger partial charge in [0.15, 0.2) is 11.6 Å². The Kier molecular flexibility index (Phi) is 8.88. The molecule has 0 aliphatic carbocycles. The summed E-state index contributed by atoms with van der Waals surface area (Å²) >= 11 is 0. The molecule has 35 heavy (non-hydrogen) atoms. The van der Waals surface area contributed by atoms with Crippen LogP contribution in [0.5, 0.6) is 5.75 Å². The Hall–Kier alpha value is -3.15. The summed E-state index contributed by atoms with van der Waals surface area (Å²) in [6.07, 6.45) is -1.34. The number of halogens is 5. The van der Waals surface area contributed by atoms with Gasteiger partial charge in [-0.1, -0.05) is 13.0 Å². The van der Waals surface area contributed by atoms with E-state index in [4.69, 9.17) is 4.74 Å². The van der Waals surface area contributed by atoms with Gasteiger partial charge >= 0.3 is 6.18 Å². The van der Waals surface area contributed by atoms with E-state index in [1.807, 2.05) is 0 Å². The van der Waals surface area contributed by atoms with Gasteiger partial charge in [-0.05, 0) is 56.2 Å². The van der Waals surface area contributed by atoms with Gasteiger partial charge in [0.2, 0.25) is 15.9 Å². The van der Waals surface area contributed by atoms with Crippen molar-refractivity contribution in [3.05, 3.63) is 64.7 Å². The zero-order valence-electron chi connectivity index (χ0n) is 19.3. The summed E-state index contributed by atoms with van der Waals surface area (Å²) in [4.78, 5) is 12.3. The molecule has 192 valence electrons. The number of hydrogen-bond donors (Lipinski definition) is 2. The molecule has 12 heteroatoms. The highest BCUT2D eigenvalue weighted by Crippen LogP contribution is 2.34. The van der Waals surface area contributed by atoms with Crippen molar-refractivity contribution < 1.29 is 39.9 Å². The molecule has 2 rings (SSSR count). The Morgan fingerprint density at radius 3 is 2.23 bits per heavy atom. The van der Waals surface area contributed by atoms with Crippen LogP contribution in [0.1, 0.15) is 49.9 Å². The summed E-state index contributed by atoms with van der Waals surface area (Å²) in [7, 11) is -3.91. The number of anilines is 1. The van der Waals surface area contributed by atoms with E-state index in [1.165, 1.54) is 19.1 Å². The molecule has 0 aliphatic rings. The summed E-state index contributed by atoms with van der Waals surface area (Å²) in [5, 5.41) is 2.48. The second-order valence-electron chi connectivity index (χ2n) is 7.88. The molecule has 2 aromatic rings. The van der Waals surface area contributed by atoms with Gasteiger partial charge in [-0.3, -0.25) is 9.52 Å². The van der Waals surface area contributed by atoms with Crippen molar-refractivity contribution in [1.29, 1.82) is 0 Å². The molecule has 0 saturated heterocycles. The molecule has 2 N–H and O–H groups in total. The van der Waals surface area contributed by atoms with Crippen molar-refractivity contribution in [3.63, 3.8) is 0 Å². The molecule has 0 aliphatic heterocycles. The van der Waals surface area contributed by atoms with Crippen molar-refractivity contribution in [3.8, 4) is 5.75 Å². The van der Waals surface area contributed by atoms with Crippen LogP contribution in [0.4, 0.5) is 27.6 Å². The monoisotopic (exact) mass is 520 g/mol. The molecular weight excluding hydrogens is 495 g/mol. The maximum absolute atomic E-state index is 14.2. The maximum Gasteiger partial charge on any atom is 0.416 e. The third kappa shape index (κ3) is 8.23. The lowest BCUT2D eigenvalue weighted by Gasteiger charge is -2.17. The van der Waals surface area contributed by atoms with Gasteiger partial charge < -0.3 is 10.1 Å². The summed E-state index contributed by atoms with van der Waals surface area (Å²) in [5.74, 6) is -3.08. The van der Waals surface area contributed by atoms with Crippen LogP contribution in [0.2, 0.25) is 0 Å². The molecule has 0 aromatic heterocycles. The molecule has 0 heterocycles. The third-order valence-corrected chi connectivity index (χ3v) is 5.44. The van der Waals surface area contributed by atoms with Gasteiger partial charge in [-0.2, -0.15) is 13.2 Å². The quantitative estimate of drug-likeness (QED) is 0.342. The van der Waals surface area contributed by atoms with Crippen LogP contribution in [0, 0.1) is 11.6 Å². The third-order valence-electron chi connectivity index (χ3n) is 4.87. The number of benzene rings is 2. The first kappa shape index (κ1) is 28.1. The van der Waals surface area contributed by atoms with Crippen LogP contribution >= 0.6 is 0 Å². The normalized spacial score (nSPS) is 14.0. The Labute approximate surface area is 200 Å². The van der Waals surface area contributed by atoms with Crippen molar-refractivity contribution in [1.82, 2.24) is 5.32 Å². The molecule has 0 spiro atoms. The van der Waals surface area contributed by atoms with E-state index in [0.29, 0.717) is 6.42 Å². The Morgan fingerprint density at radius 1 is 1.11 bits per heavy atom. The number of sulfonamides is 1. The number of carbonyl (C=O) groups is 1. The molecule has 0 bridgehead atoms. The average molecular weight is 521 g/mol.